The number of nitrogens with two attached hydrogens (primary N) is 2. The highest BCUT2D eigenvalue weighted by Gasteiger charge is 2.29. The Balaban J connectivity index is 0.00000169. The van der Waals surface area contributed by atoms with Gasteiger partial charge in [0.25, 0.3) is 0 Å². The smallest absolute Gasteiger partial charge is 0.234 e. The molecule has 1 saturated heterocycles. The molecule has 0 aromatic heterocycles. The molecule has 8 heteroatoms. The van der Waals surface area contributed by atoms with E-state index in [0.29, 0.717) is 6.54 Å². The van der Waals surface area contributed by atoms with Crippen LogP contribution < -0.4 is 16.8 Å². The molecule has 0 spiro atoms. The number of carbonyl (C=O) groups excluding carboxylic acids is 2. The van der Waals surface area contributed by atoms with Crippen molar-refractivity contribution in [3.8, 4) is 0 Å². The van der Waals surface area contributed by atoms with Gasteiger partial charge in [-0.1, -0.05) is 12.1 Å². The number of hydrogen-bond acceptors (Lipinski definition) is 4. The number of benzene rings is 1. The molecule has 1 heterocycles. The Bertz CT molecular complexity index is 629. The predicted octanol–water partition coefficient (Wildman–Crippen LogP) is 2.05. The quantitative estimate of drug-likeness (QED) is 0.700. The van der Waals surface area contributed by atoms with Crippen LogP contribution in [0.1, 0.15) is 37.7 Å². The first-order chi connectivity index (χ1) is 11.5. The molecule has 1 aliphatic heterocycles. The van der Waals surface area contributed by atoms with Gasteiger partial charge in [-0.15, -0.1) is 24.8 Å². The molecular weight excluding hydrogens is 375 g/mol. The van der Waals surface area contributed by atoms with Crippen molar-refractivity contribution in [3.05, 3.63) is 29.8 Å². The molecule has 2 aliphatic rings. The third kappa shape index (κ3) is 5.58. The average molecular weight is 403 g/mol. The topological polar surface area (TPSA) is 101 Å². The van der Waals surface area contributed by atoms with Gasteiger partial charge in [-0.25, -0.2) is 0 Å². The van der Waals surface area contributed by atoms with Gasteiger partial charge in [0.1, 0.15) is 0 Å². The summed E-state index contributed by atoms with van der Waals surface area (Å²) in [6.07, 6.45) is 4.36. The van der Waals surface area contributed by atoms with Gasteiger partial charge >= 0.3 is 0 Å². The van der Waals surface area contributed by atoms with E-state index in [4.69, 9.17) is 11.5 Å². The highest BCUT2D eigenvalue weighted by molar-refractivity contribution is 5.92. The largest absolute Gasteiger partial charge is 0.368 e. The molecule has 3 unspecified atom stereocenters. The summed E-state index contributed by atoms with van der Waals surface area (Å²) >= 11 is 0. The number of primary amides is 1. The standard InChI is InChI=1S/C18H26N4O2.2ClH/c19-14-7-6-13(10-14)18(24)21-15-4-1-3-12(9-15)11-22-8-2-5-16(22)17(20)23;;/h1,3-4,9,13-14,16H,2,5-8,10-11,19H2,(H2,20,23)(H,21,24);2*1H. The van der Waals surface area contributed by atoms with Gasteiger partial charge < -0.3 is 16.8 Å². The zero-order valence-electron chi connectivity index (χ0n) is 14.7. The zero-order valence-corrected chi connectivity index (χ0v) is 16.4. The number of rotatable bonds is 5. The lowest BCUT2D eigenvalue weighted by molar-refractivity contribution is -0.122. The Hall–Kier alpha value is -1.34. The van der Waals surface area contributed by atoms with Crippen LogP contribution in [0.4, 0.5) is 5.69 Å². The number of amides is 2. The van der Waals surface area contributed by atoms with Crippen molar-refractivity contribution >= 4 is 42.3 Å². The number of nitrogens with zero attached hydrogens (tertiary/aromatic N) is 1. The van der Waals surface area contributed by atoms with Crippen molar-refractivity contribution in [2.75, 3.05) is 11.9 Å². The molecule has 1 aliphatic carbocycles. The summed E-state index contributed by atoms with van der Waals surface area (Å²) in [5.74, 6) is -0.188. The SMILES string of the molecule is Cl.Cl.NC(=O)C1CCCN1Cc1cccc(NC(=O)C2CCC(N)C2)c1. The molecule has 3 atom stereocenters. The lowest BCUT2D eigenvalue weighted by Crippen LogP contribution is -2.39. The second-order valence-corrected chi connectivity index (χ2v) is 6.99. The second kappa shape index (κ2) is 10.1. The normalized spacial score (nSPS) is 25.2. The van der Waals surface area contributed by atoms with E-state index < -0.39 is 0 Å². The summed E-state index contributed by atoms with van der Waals surface area (Å²) in [7, 11) is 0. The van der Waals surface area contributed by atoms with Crippen LogP contribution in [0.2, 0.25) is 0 Å². The summed E-state index contributed by atoms with van der Waals surface area (Å²) in [4.78, 5) is 25.9. The van der Waals surface area contributed by atoms with E-state index >= 15 is 0 Å². The Kier molecular flexibility index (Phi) is 8.83. The van der Waals surface area contributed by atoms with Crippen LogP contribution in [-0.4, -0.2) is 35.3 Å². The first kappa shape index (κ1) is 22.7. The first-order valence-corrected chi connectivity index (χ1v) is 8.71. The number of anilines is 1. The molecule has 1 aromatic rings. The number of likely N-dealkylation sites (tertiary alicyclic amines) is 1. The number of carbonyl (C=O) groups is 2. The molecule has 6 nitrogen and oxygen atoms in total. The molecule has 0 radical (unpaired) electrons. The van der Waals surface area contributed by atoms with Crippen LogP contribution >= 0.6 is 24.8 Å². The highest BCUT2D eigenvalue weighted by Crippen LogP contribution is 2.26. The van der Waals surface area contributed by atoms with Gasteiger partial charge in [0, 0.05) is 24.2 Å². The molecular formula is C18H28Cl2N4O2. The van der Waals surface area contributed by atoms with Crippen molar-refractivity contribution in [2.45, 2.75) is 50.7 Å². The zero-order chi connectivity index (χ0) is 17.1. The van der Waals surface area contributed by atoms with E-state index in [-0.39, 0.29) is 54.6 Å². The monoisotopic (exact) mass is 402 g/mol. The van der Waals surface area contributed by atoms with Gasteiger partial charge in [0.05, 0.1) is 6.04 Å². The average Bonchev–Trinajstić information content (AvgIpc) is 3.16. The minimum Gasteiger partial charge on any atom is -0.368 e. The van der Waals surface area contributed by atoms with Gasteiger partial charge in [-0.05, 0) is 56.3 Å². The lowest BCUT2D eigenvalue weighted by atomic mass is 10.1. The van der Waals surface area contributed by atoms with Gasteiger partial charge in [-0.3, -0.25) is 14.5 Å². The van der Waals surface area contributed by atoms with E-state index in [1.807, 2.05) is 24.3 Å². The fourth-order valence-corrected chi connectivity index (χ4v) is 3.82. The molecule has 1 saturated carbocycles. The van der Waals surface area contributed by atoms with E-state index in [2.05, 4.69) is 10.2 Å². The Morgan fingerprint density at radius 3 is 2.62 bits per heavy atom. The van der Waals surface area contributed by atoms with Crippen molar-refractivity contribution in [1.29, 1.82) is 0 Å². The lowest BCUT2D eigenvalue weighted by Gasteiger charge is -2.22. The summed E-state index contributed by atoms with van der Waals surface area (Å²) in [6.45, 7) is 1.55. The van der Waals surface area contributed by atoms with Crippen LogP contribution in [0, 0.1) is 5.92 Å². The minimum atomic E-state index is -0.255. The van der Waals surface area contributed by atoms with E-state index in [0.717, 1.165) is 49.9 Å². The van der Waals surface area contributed by atoms with Crippen LogP contribution in [0.25, 0.3) is 0 Å². The van der Waals surface area contributed by atoms with Crippen LogP contribution in [-0.2, 0) is 16.1 Å². The summed E-state index contributed by atoms with van der Waals surface area (Å²) in [5, 5.41) is 3.00. The number of nitrogens with one attached hydrogen (secondary N) is 1. The maximum absolute atomic E-state index is 12.3. The van der Waals surface area contributed by atoms with E-state index in [1.165, 1.54) is 0 Å². The number of hydrogen-bond donors (Lipinski definition) is 3. The van der Waals surface area contributed by atoms with E-state index in [1.54, 1.807) is 0 Å². The summed E-state index contributed by atoms with van der Waals surface area (Å²) in [5.41, 5.74) is 13.2. The van der Waals surface area contributed by atoms with Crippen LogP contribution in [0.15, 0.2) is 24.3 Å². The summed E-state index contributed by atoms with van der Waals surface area (Å²) < 4.78 is 0. The molecule has 5 N–H and O–H groups in total. The Morgan fingerprint density at radius 2 is 1.96 bits per heavy atom. The van der Waals surface area contributed by atoms with Gasteiger partial charge in [0.2, 0.25) is 11.8 Å². The van der Waals surface area contributed by atoms with Crippen molar-refractivity contribution in [2.24, 2.45) is 17.4 Å². The van der Waals surface area contributed by atoms with E-state index in [9.17, 15) is 9.59 Å². The third-order valence-electron chi connectivity index (χ3n) is 5.12. The van der Waals surface area contributed by atoms with Crippen molar-refractivity contribution < 1.29 is 9.59 Å². The Labute approximate surface area is 166 Å². The fourth-order valence-electron chi connectivity index (χ4n) is 3.82. The second-order valence-electron chi connectivity index (χ2n) is 6.99. The molecule has 3 rings (SSSR count). The number of halogens is 2. The molecule has 1 aromatic carbocycles. The Morgan fingerprint density at radius 1 is 1.19 bits per heavy atom. The molecule has 2 fully saturated rings. The maximum atomic E-state index is 12.3. The maximum Gasteiger partial charge on any atom is 0.234 e. The molecule has 26 heavy (non-hydrogen) atoms. The summed E-state index contributed by atoms with van der Waals surface area (Å²) in [6, 6.07) is 7.78. The molecule has 2 amide bonds. The first-order valence-electron chi connectivity index (χ1n) is 8.71. The van der Waals surface area contributed by atoms with Crippen molar-refractivity contribution in [3.63, 3.8) is 0 Å². The van der Waals surface area contributed by atoms with Crippen molar-refractivity contribution in [1.82, 2.24) is 4.90 Å². The minimum absolute atomic E-state index is 0. The fraction of sp³-hybridized carbons (Fsp3) is 0.556. The van der Waals surface area contributed by atoms with Crippen LogP contribution in [0.3, 0.4) is 0 Å². The molecule has 146 valence electrons. The van der Waals surface area contributed by atoms with Gasteiger partial charge in [-0.2, -0.15) is 0 Å². The molecule has 0 bridgehead atoms. The highest BCUT2D eigenvalue weighted by atomic mass is 35.5. The predicted molar refractivity (Wildman–Crippen MR) is 108 cm³/mol. The van der Waals surface area contributed by atoms with Gasteiger partial charge in [0.15, 0.2) is 0 Å². The third-order valence-corrected chi connectivity index (χ3v) is 5.12. The van der Waals surface area contributed by atoms with Crippen LogP contribution in [0.5, 0.6) is 0 Å².